The molecule has 0 spiro atoms. The molecule has 8 heteroatoms. The Labute approximate surface area is 188 Å². The third-order valence-corrected chi connectivity index (χ3v) is 5.98. The number of rotatable bonds is 8. The van der Waals surface area contributed by atoms with Crippen molar-refractivity contribution in [2.24, 2.45) is 5.10 Å². The summed E-state index contributed by atoms with van der Waals surface area (Å²) in [7, 11) is -3.87. The van der Waals surface area contributed by atoms with E-state index in [-0.39, 0.29) is 10.5 Å². The smallest absolute Gasteiger partial charge is 0.271 e. The summed E-state index contributed by atoms with van der Waals surface area (Å²) in [5.41, 5.74) is 5.64. The Morgan fingerprint density at radius 2 is 1.81 bits per heavy atom. The van der Waals surface area contributed by atoms with Crippen LogP contribution in [0.5, 0.6) is 5.75 Å². The molecule has 2 N–H and O–H groups in total. The Morgan fingerprint density at radius 3 is 2.56 bits per heavy atom. The number of ether oxygens (including phenoxy) is 1. The second kappa shape index (κ2) is 10.1. The topological polar surface area (TPSA) is 96.9 Å². The molecule has 0 radical (unpaired) electrons. The summed E-state index contributed by atoms with van der Waals surface area (Å²) in [6.45, 7) is 6.15. The number of para-hydroxylation sites is 1. The molecule has 0 aromatic heterocycles. The van der Waals surface area contributed by atoms with Gasteiger partial charge in [-0.15, -0.1) is 0 Å². The molecular formula is C24H25N3O4S. The van der Waals surface area contributed by atoms with E-state index in [0.29, 0.717) is 23.6 Å². The highest BCUT2D eigenvalue weighted by atomic mass is 32.2. The number of nitrogens with zero attached hydrogens (tertiary/aromatic N) is 1. The van der Waals surface area contributed by atoms with E-state index in [9.17, 15) is 13.2 Å². The van der Waals surface area contributed by atoms with Crippen LogP contribution in [0, 0.1) is 13.8 Å². The maximum atomic E-state index is 12.8. The lowest BCUT2D eigenvalue weighted by atomic mass is 10.1. The molecule has 3 aromatic carbocycles. The Morgan fingerprint density at radius 1 is 1.03 bits per heavy atom. The Bertz CT molecular complexity index is 1250. The van der Waals surface area contributed by atoms with E-state index in [1.54, 1.807) is 6.07 Å². The number of benzene rings is 3. The zero-order chi connectivity index (χ0) is 23.1. The van der Waals surface area contributed by atoms with Gasteiger partial charge in [-0.2, -0.15) is 5.10 Å². The fraction of sp³-hybridized carbons (Fsp3) is 0.167. The molecule has 7 nitrogen and oxygen atoms in total. The molecule has 1 amide bonds. The van der Waals surface area contributed by atoms with E-state index in [4.69, 9.17) is 4.74 Å². The van der Waals surface area contributed by atoms with Crippen molar-refractivity contribution in [1.29, 1.82) is 0 Å². The van der Waals surface area contributed by atoms with Crippen molar-refractivity contribution >= 4 is 27.8 Å². The van der Waals surface area contributed by atoms with Crippen molar-refractivity contribution in [2.45, 2.75) is 25.7 Å². The SMILES string of the molecule is CCOc1ccccc1/C=N/NC(=O)c1cccc(S(=O)(=O)Nc2ccc(C)cc2C)c1. The molecule has 0 fully saturated rings. The summed E-state index contributed by atoms with van der Waals surface area (Å²) in [6.07, 6.45) is 1.48. The number of carbonyl (C=O) groups is 1. The molecule has 0 unspecified atom stereocenters. The zero-order valence-corrected chi connectivity index (χ0v) is 18.9. The molecule has 3 rings (SSSR count). The normalized spacial score (nSPS) is 11.3. The third-order valence-electron chi connectivity index (χ3n) is 4.62. The van der Waals surface area contributed by atoms with Gasteiger partial charge in [0.05, 0.1) is 23.4 Å². The lowest BCUT2D eigenvalue weighted by molar-refractivity contribution is 0.0955. The summed E-state index contributed by atoms with van der Waals surface area (Å²) in [5.74, 6) is 0.122. The van der Waals surface area contributed by atoms with Gasteiger partial charge >= 0.3 is 0 Å². The van der Waals surface area contributed by atoms with Gasteiger partial charge in [0.15, 0.2) is 0 Å². The number of hydrazone groups is 1. The number of anilines is 1. The van der Waals surface area contributed by atoms with Gasteiger partial charge in [-0.25, -0.2) is 13.8 Å². The van der Waals surface area contributed by atoms with E-state index >= 15 is 0 Å². The van der Waals surface area contributed by atoms with Crippen LogP contribution in [-0.2, 0) is 10.0 Å². The first-order valence-electron chi connectivity index (χ1n) is 10.1. The highest BCUT2D eigenvalue weighted by molar-refractivity contribution is 7.92. The summed E-state index contributed by atoms with van der Waals surface area (Å²) in [4.78, 5) is 12.5. The van der Waals surface area contributed by atoms with Gasteiger partial charge in [0.25, 0.3) is 15.9 Å². The van der Waals surface area contributed by atoms with Gasteiger partial charge in [0, 0.05) is 11.1 Å². The van der Waals surface area contributed by atoms with E-state index < -0.39 is 15.9 Å². The Kier molecular flexibility index (Phi) is 7.27. The van der Waals surface area contributed by atoms with Crippen LogP contribution >= 0.6 is 0 Å². The molecule has 0 saturated carbocycles. The van der Waals surface area contributed by atoms with Crippen molar-refractivity contribution in [2.75, 3.05) is 11.3 Å². The molecule has 0 aliphatic carbocycles. The summed E-state index contributed by atoms with van der Waals surface area (Å²) in [5, 5.41) is 3.97. The van der Waals surface area contributed by atoms with Gasteiger partial charge in [-0.3, -0.25) is 9.52 Å². The van der Waals surface area contributed by atoms with Crippen LogP contribution < -0.4 is 14.9 Å². The van der Waals surface area contributed by atoms with Crippen molar-refractivity contribution < 1.29 is 17.9 Å². The van der Waals surface area contributed by atoms with Crippen LogP contribution in [0.15, 0.2) is 76.7 Å². The second-order valence-electron chi connectivity index (χ2n) is 7.12. The molecule has 3 aromatic rings. The first-order chi connectivity index (χ1) is 15.3. The molecule has 0 bridgehead atoms. The van der Waals surface area contributed by atoms with E-state index in [1.165, 1.54) is 30.5 Å². The molecule has 166 valence electrons. The molecule has 0 saturated heterocycles. The summed E-state index contributed by atoms with van der Waals surface area (Å²) in [6, 6.07) is 18.5. The lowest BCUT2D eigenvalue weighted by Crippen LogP contribution is -2.19. The molecule has 0 atom stereocenters. The maximum Gasteiger partial charge on any atom is 0.271 e. The number of carbonyl (C=O) groups excluding carboxylic acids is 1. The van der Waals surface area contributed by atoms with Gasteiger partial charge in [0.1, 0.15) is 5.75 Å². The van der Waals surface area contributed by atoms with Crippen LogP contribution in [0.3, 0.4) is 0 Å². The highest BCUT2D eigenvalue weighted by Gasteiger charge is 2.17. The lowest BCUT2D eigenvalue weighted by Gasteiger charge is -2.12. The highest BCUT2D eigenvalue weighted by Crippen LogP contribution is 2.21. The van der Waals surface area contributed by atoms with Gasteiger partial charge in [-0.05, 0) is 62.7 Å². The minimum atomic E-state index is -3.87. The average Bonchev–Trinajstić information content (AvgIpc) is 2.77. The summed E-state index contributed by atoms with van der Waals surface area (Å²) >= 11 is 0. The van der Waals surface area contributed by atoms with E-state index in [1.807, 2.05) is 57.2 Å². The predicted octanol–water partition coefficient (Wildman–Crippen LogP) is 4.27. The Balaban J connectivity index is 1.74. The van der Waals surface area contributed by atoms with Crippen LogP contribution in [0.1, 0.15) is 34.0 Å². The van der Waals surface area contributed by atoms with E-state index in [0.717, 1.165) is 11.1 Å². The van der Waals surface area contributed by atoms with Crippen molar-refractivity contribution in [3.8, 4) is 5.75 Å². The first-order valence-corrected chi connectivity index (χ1v) is 11.5. The number of hydrogen-bond acceptors (Lipinski definition) is 5. The quantitative estimate of drug-likeness (QED) is 0.395. The monoisotopic (exact) mass is 451 g/mol. The fourth-order valence-corrected chi connectivity index (χ4v) is 4.21. The maximum absolute atomic E-state index is 12.8. The Hall–Kier alpha value is -3.65. The average molecular weight is 452 g/mol. The predicted molar refractivity (Wildman–Crippen MR) is 126 cm³/mol. The third kappa shape index (κ3) is 5.73. The number of sulfonamides is 1. The molecule has 0 aliphatic rings. The summed E-state index contributed by atoms with van der Waals surface area (Å²) < 4.78 is 33.7. The van der Waals surface area contributed by atoms with Crippen LogP contribution in [0.4, 0.5) is 5.69 Å². The van der Waals surface area contributed by atoms with Crippen LogP contribution in [0.2, 0.25) is 0 Å². The van der Waals surface area contributed by atoms with E-state index in [2.05, 4.69) is 15.2 Å². The van der Waals surface area contributed by atoms with Crippen molar-refractivity contribution in [3.05, 3.63) is 89.0 Å². The largest absolute Gasteiger partial charge is 0.493 e. The standard InChI is InChI=1S/C24H25N3O4S/c1-4-31-23-11-6-5-8-20(23)16-25-26-24(28)19-9-7-10-21(15-19)32(29,30)27-22-13-12-17(2)14-18(22)3/h5-16,27H,4H2,1-3H3,(H,26,28)/b25-16+. The molecular weight excluding hydrogens is 426 g/mol. The van der Waals surface area contributed by atoms with Crippen LogP contribution in [-0.4, -0.2) is 27.1 Å². The number of hydrogen-bond donors (Lipinski definition) is 2. The van der Waals surface area contributed by atoms with Gasteiger partial charge in [-0.1, -0.05) is 35.9 Å². The minimum absolute atomic E-state index is 0.0178. The zero-order valence-electron chi connectivity index (χ0n) is 18.1. The van der Waals surface area contributed by atoms with Gasteiger partial charge in [0.2, 0.25) is 0 Å². The fourth-order valence-electron chi connectivity index (χ4n) is 3.04. The number of nitrogens with one attached hydrogen (secondary N) is 2. The van der Waals surface area contributed by atoms with Crippen molar-refractivity contribution in [1.82, 2.24) is 5.43 Å². The molecule has 0 heterocycles. The van der Waals surface area contributed by atoms with Crippen molar-refractivity contribution in [3.63, 3.8) is 0 Å². The number of aryl methyl sites for hydroxylation is 2. The van der Waals surface area contributed by atoms with Crippen LogP contribution in [0.25, 0.3) is 0 Å². The number of amides is 1. The second-order valence-corrected chi connectivity index (χ2v) is 8.80. The first kappa shape index (κ1) is 23.0. The minimum Gasteiger partial charge on any atom is -0.493 e. The van der Waals surface area contributed by atoms with Gasteiger partial charge < -0.3 is 4.74 Å². The molecule has 0 aliphatic heterocycles. The molecule has 32 heavy (non-hydrogen) atoms.